The summed E-state index contributed by atoms with van der Waals surface area (Å²) in [7, 11) is 0. The smallest absolute Gasteiger partial charge is 0.277 e. The molecule has 1 heterocycles. The third kappa shape index (κ3) is 4.07. The van der Waals surface area contributed by atoms with E-state index in [4.69, 9.17) is 10.2 Å². The van der Waals surface area contributed by atoms with Gasteiger partial charge >= 0.3 is 0 Å². The van der Waals surface area contributed by atoms with Crippen molar-refractivity contribution in [1.29, 1.82) is 0 Å². The molecule has 0 bridgehead atoms. The lowest BCUT2D eigenvalue weighted by molar-refractivity contribution is -0.113. The maximum absolute atomic E-state index is 11.8. The van der Waals surface area contributed by atoms with Crippen LogP contribution >= 0.6 is 11.8 Å². The fraction of sp³-hybridized carbons (Fsp3) is 0.308. The van der Waals surface area contributed by atoms with E-state index in [0.29, 0.717) is 11.1 Å². The van der Waals surface area contributed by atoms with Crippen LogP contribution < -0.4 is 11.1 Å². The van der Waals surface area contributed by atoms with Crippen molar-refractivity contribution < 1.29 is 9.21 Å². The van der Waals surface area contributed by atoms with Gasteiger partial charge in [0.05, 0.1) is 12.3 Å². The van der Waals surface area contributed by atoms with Gasteiger partial charge in [-0.3, -0.25) is 4.79 Å². The van der Waals surface area contributed by atoms with Gasteiger partial charge in [0.25, 0.3) is 5.22 Å². The summed E-state index contributed by atoms with van der Waals surface area (Å²) in [4.78, 5) is 11.8. The van der Waals surface area contributed by atoms with Crippen LogP contribution in [0.2, 0.25) is 0 Å². The average molecular weight is 292 g/mol. The molecular weight excluding hydrogens is 276 g/mol. The quantitative estimate of drug-likeness (QED) is 0.789. The standard InChI is InChI=1S/C13H16N4O2S/c1-2-9-3-5-10(6-4-9)15-11(18)8-20-13-17-16-12(7-14)19-13/h3-6H,2,7-8,14H2,1H3,(H,15,18). The number of carbonyl (C=O) groups excluding carboxylic acids is 1. The Morgan fingerprint density at radius 3 is 2.70 bits per heavy atom. The topological polar surface area (TPSA) is 94.0 Å². The van der Waals surface area contributed by atoms with Gasteiger partial charge < -0.3 is 15.5 Å². The van der Waals surface area contributed by atoms with Gasteiger partial charge in [-0.1, -0.05) is 30.8 Å². The molecule has 0 radical (unpaired) electrons. The summed E-state index contributed by atoms with van der Waals surface area (Å²) in [6.45, 7) is 2.29. The van der Waals surface area contributed by atoms with E-state index >= 15 is 0 Å². The molecule has 0 fully saturated rings. The molecule has 6 nitrogen and oxygen atoms in total. The molecule has 0 aliphatic rings. The Bertz CT molecular complexity index is 568. The van der Waals surface area contributed by atoms with Crippen molar-refractivity contribution in [2.45, 2.75) is 25.1 Å². The molecule has 0 saturated heterocycles. The number of carbonyl (C=O) groups is 1. The highest BCUT2D eigenvalue weighted by atomic mass is 32.2. The number of nitrogens with zero attached hydrogens (tertiary/aromatic N) is 2. The molecule has 1 aromatic heterocycles. The van der Waals surface area contributed by atoms with E-state index in [2.05, 4.69) is 22.4 Å². The number of hydrogen-bond donors (Lipinski definition) is 2. The largest absolute Gasteiger partial charge is 0.415 e. The van der Waals surface area contributed by atoms with Gasteiger partial charge in [-0.05, 0) is 24.1 Å². The van der Waals surface area contributed by atoms with Crippen LogP contribution in [-0.4, -0.2) is 21.9 Å². The Hall–Kier alpha value is -1.86. The molecule has 0 spiro atoms. The van der Waals surface area contributed by atoms with E-state index in [1.54, 1.807) is 0 Å². The molecule has 1 amide bonds. The molecule has 1 aromatic carbocycles. The molecule has 2 aromatic rings. The van der Waals surface area contributed by atoms with Crippen LogP contribution in [0.1, 0.15) is 18.4 Å². The molecular formula is C13H16N4O2S. The van der Waals surface area contributed by atoms with Gasteiger partial charge in [-0.15, -0.1) is 10.2 Å². The molecule has 0 aliphatic heterocycles. The molecule has 3 N–H and O–H groups in total. The maximum atomic E-state index is 11.8. The highest BCUT2D eigenvalue weighted by molar-refractivity contribution is 7.99. The van der Waals surface area contributed by atoms with E-state index in [9.17, 15) is 4.79 Å². The van der Waals surface area contributed by atoms with Crippen LogP contribution in [0, 0.1) is 0 Å². The second kappa shape index (κ2) is 7.06. The minimum absolute atomic E-state index is 0.119. The molecule has 0 aliphatic carbocycles. The van der Waals surface area contributed by atoms with Crippen molar-refractivity contribution in [3.05, 3.63) is 35.7 Å². The molecule has 0 atom stereocenters. The highest BCUT2D eigenvalue weighted by Gasteiger charge is 2.09. The summed E-state index contributed by atoms with van der Waals surface area (Å²) in [6, 6.07) is 7.77. The van der Waals surface area contributed by atoms with Gasteiger partial charge in [0.1, 0.15) is 0 Å². The van der Waals surface area contributed by atoms with Gasteiger partial charge in [0.15, 0.2) is 0 Å². The monoisotopic (exact) mass is 292 g/mol. The van der Waals surface area contributed by atoms with Crippen LogP contribution in [-0.2, 0) is 17.8 Å². The normalized spacial score (nSPS) is 10.5. The zero-order valence-corrected chi connectivity index (χ0v) is 11.9. The Labute approximate surface area is 121 Å². The first kappa shape index (κ1) is 14.5. The minimum atomic E-state index is -0.119. The van der Waals surface area contributed by atoms with E-state index in [0.717, 1.165) is 12.1 Å². The Balaban J connectivity index is 1.82. The first-order chi connectivity index (χ1) is 9.71. The number of aryl methyl sites for hydroxylation is 1. The number of hydrogen-bond acceptors (Lipinski definition) is 6. The van der Waals surface area contributed by atoms with Crippen LogP contribution in [0.3, 0.4) is 0 Å². The molecule has 20 heavy (non-hydrogen) atoms. The molecule has 0 unspecified atom stereocenters. The highest BCUT2D eigenvalue weighted by Crippen LogP contribution is 2.16. The van der Waals surface area contributed by atoms with Crippen molar-refractivity contribution in [2.75, 3.05) is 11.1 Å². The van der Waals surface area contributed by atoms with E-state index in [-0.39, 0.29) is 18.2 Å². The molecule has 0 saturated carbocycles. The predicted molar refractivity (Wildman–Crippen MR) is 77.4 cm³/mol. The van der Waals surface area contributed by atoms with Crippen LogP contribution in [0.4, 0.5) is 5.69 Å². The average Bonchev–Trinajstić information content (AvgIpc) is 2.94. The minimum Gasteiger partial charge on any atom is -0.415 e. The van der Waals surface area contributed by atoms with Gasteiger partial charge in [-0.2, -0.15) is 0 Å². The first-order valence-electron chi connectivity index (χ1n) is 6.25. The number of amides is 1. The van der Waals surface area contributed by atoms with Crippen molar-refractivity contribution in [2.24, 2.45) is 5.73 Å². The van der Waals surface area contributed by atoms with E-state index in [1.165, 1.54) is 17.3 Å². The van der Waals surface area contributed by atoms with Gasteiger partial charge in [-0.25, -0.2) is 0 Å². The third-order valence-corrected chi connectivity index (χ3v) is 3.41. The summed E-state index contributed by atoms with van der Waals surface area (Å²) in [5, 5.41) is 10.7. The fourth-order valence-electron chi connectivity index (χ4n) is 1.53. The lowest BCUT2D eigenvalue weighted by Crippen LogP contribution is -2.13. The SMILES string of the molecule is CCc1ccc(NC(=O)CSc2nnc(CN)o2)cc1. The van der Waals surface area contributed by atoms with E-state index in [1.807, 2.05) is 24.3 Å². The summed E-state index contributed by atoms with van der Waals surface area (Å²) >= 11 is 1.18. The van der Waals surface area contributed by atoms with E-state index < -0.39 is 0 Å². The Morgan fingerprint density at radius 1 is 1.35 bits per heavy atom. The van der Waals surface area contributed by atoms with Crippen LogP contribution in [0.15, 0.2) is 33.9 Å². The van der Waals surface area contributed by atoms with Gasteiger partial charge in [0.2, 0.25) is 11.8 Å². The van der Waals surface area contributed by atoms with Crippen molar-refractivity contribution in [3.8, 4) is 0 Å². The number of anilines is 1. The number of thioether (sulfide) groups is 1. The number of benzene rings is 1. The van der Waals surface area contributed by atoms with Crippen LogP contribution in [0.25, 0.3) is 0 Å². The van der Waals surface area contributed by atoms with Crippen molar-refractivity contribution >= 4 is 23.4 Å². The first-order valence-corrected chi connectivity index (χ1v) is 7.24. The molecule has 106 valence electrons. The zero-order valence-electron chi connectivity index (χ0n) is 11.1. The number of rotatable bonds is 6. The zero-order chi connectivity index (χ0) is 14.4. The summed E-state index contributed by atoms with van der Waals surface area (Å²) < 4.78 is 5.20. The fourth-order valence-corrected chi connectivity index (χ4v) is 2.11. The van der Waals surface area contributed by atoms with Crippen molar-refractivity contribution in [3.63, 3.8) is 0 Å². The van der Waals surface area contributed by atoms with Crippen molar-refractivity contribution in [1.82, 2.24) is 10.2 Å². The third-order valence-electron chi connectivity index (χ3n) is 2.60. The summed E-state index contributed by atoms with van der Waals surface area (Å²) in [5.41, 5.74) is 7.37. The second-order valence-electron chi connectivity index (χ2n) is 4.05. The number of aromatic nitrogens is 2. The predicted octanol–water partition coefficient (Wildman–Crippen LogP) is 1.82. The van der Waals surface area contributed by atoms with Gasteiger partial charge in [0, 0.05) is 5.69 Å². The number of nitrogens with two attached hydrogens (primary N) is 1. The summed E-state index contributed by atoms with van der Waals surface area (Å²) in [5.74, 6) is 0.455. The molecule has 2 rings (SSSR count). The Kier molecular flexibility index (Phi) is 5.14. The maximum Gasteiger partial charge on any atom is 0.277 e. The second-order valence-corrected chi connectivity index (χ2v) is 4.98. The number of nitrogens with one attached hydrogen (secondary N) is 1. The Morgan fingerprint density at radius 2 is 2.10 bits per heavy atom. The lowest BCUT2D eigenvalue weighted by atomic mass is 10.1. The van der Waals surface area contributed by atoms with Crippen LogP contribution in [0.5, 0.6) is 0 Å². The molecule has 7 heteroatoms. The summed E-state index contributed by atoms with van der Waals surface area (Å²) in [6.07, 6.45) is 0.977. The lowest BCUT2D eigenvalue weighted by Gasteiger charge is -2.04.